The van der Waals surface area contributed by atoms with Gasteiger partial charge in [-0.3, -0.25) is 0 Å². The maximum absolute atomic E-state index is 4.08. The van der Waals surface area contributed by atoms with E-state index in [1.54, 1.807) is 0 Å². The van der Waals surface area contributed by atoms with Crippen LogP contribution in [0.25, 0.3) is 0 Å². The van der Waals surface area contributed by atoms with Gasteiger partial charge in [0.15, 0.2) is 0 Å². The van der Waals surface area contributed by atoms with Crippen LogP contribution >= 0.6 is 0 Å². The first-order valence-corrected chi connectivity index (χ1v) is 6.51. The van der Waals surface area contributed by atoms with Crippen molar-refractivity contribution in [2.75, 3.05) is 0 Å². The molecule has 0 aromatic heterocycles. The van der Waals surface area contributed by atoms with Gasteiger partial charge in [-0.2, -0.15) is 0 Å². The van der Waals surface area contributed by atoms with Gasteiger partial charge in [0, 0.05) is 0 Å². The van der Waals surface area contributed by atoms with Crippen molar-refractivity contribution in [2.45, 2.75) is 52.4 Å². The first-order valence-electron chi connectivity index (χ1n) is 6.51. The molecule has 0 spiro atoms. The van der Waals surface area contributed by atoms with Crippen molar-refractivity contribution in [1.82, 2.24) is 0 Å². The smallest absolute Gasteiger partial charge is 0.0239 e. The minimum absolute atomic E-state index is 1.11. The fourth-order valence-electron chi connectivity index (χ4n) is 1.90. The van der Waals surface area contributed by atoms with E-state index >= 15 is 0 Å². The molecule has 0 unspecified atom stereocenters. The zero-order valence-corrected chi connectivity index (χ0v) is 10.8. The van der Waals surface area contributed by atoms with Crippen LogP contribution in [0.3, 0.4) is 0 Å². The van der Waals surface area contributed by atoms with Gasteiger partial charge in [-0.15, -0.1) is 0 Å². The lowest BCUT2D eigenvalue weighted by Crippen LogP contribution is -1.95. The van der Waals surface area contributed by atoms with E-state index in [0.29, 0.717) is 0 Å². The van der Waals surface area contributed by atoms with Crippen molar-refractivity contribution in [3.05, 3.63) is 47.5 Å². The third-order valence-electron chi connectivity index (χ3n) is 3.17. The summed E-state index contributed by atoms with van der Waals surface area (Å²) in [6.45, 7) is 8.52. The maximum atomic E-state index is 4.08. The van der Waals surface area contributed by atoms with Crippen LogP contribution in [0.4, 0.5) is 0 Å². The summed E-state index contributed by atoms with van der Waals surface area (Å²) in [6.07, 6.45) is 7.20. The molecule has 0 aliphatic rings. The second-order valence-electron chi connectivity index (χ2n) is 4.48. The van der Waals surface area contributed by atoms with E-state index < -0.39 is 0 Å². The van der Waals surface area contributed by atoms with Gasteiger partial charge < -0.3 is 0 Å². The predicted molar refractivity (Wildman–Crippen MR) is 72.8 cm³/mol. The first kappa shape index (κ1) is 13.0. The van der Waals surface area contributed by atoms with E-state index in [2.05, 4.69) is 44.7 Å². The quantitative estimate of drug-likeness (QED) is 0.567. The molecule has 1 aromatic carbocycles. The third-order valence-corrected chi connectivity index (χ3v) is 3.17. The van der Waals surface area contributed by atoms with E-state index in [9.17, 15) is 0 Å². The highest BCUT2D eigenvalue weighted by Crippen LogP contribution is 2.16. The summed E-state index contributed by atoms with van der Waals surface area (Å²) >= 11 is 0. The topological polar surface area (TPSA) is 0 Å². The Balaban J connectivity index is 2.59. The second-order valence-corrected chi connectivity index (χ2v) is 4.48. The molecule has 0 saturated carbocycles. The van der Waals surface area contributed by atoms with Crippen LogP contribution in [0.2, 0.25) is 0 Å². The molecule has 0 nitrogen and oxygen atoms in total. The van der Waals surface area contributed by atoms with Crippen LogP contribution < -0.4 is 0 Å². The van der Waals surface area contributed by atoms with Gasteiger partial charge in [-0.1, -0.05) is 56.7 Å². The largest absolute Gasteiger partial charge is 0.0999 e. The summed E-state index contributed by atoms with van der Waals surface area (Å²) in [5, 5.41) is 0. The van der Waals surface area contributed by atoms with Crippen LogP contribution in [0.15, 0.2) is 36.4 Å². The number of benzene rings is 1. The average Bonchev–Trinajstić information content (AvgIpc) is 2.34. The fraction of sp³-hybridized carbons (Fsp3) is 0.500. The Hall–Kier alpha value is -1.04. The third kappa shape index (κ3) is 4.22. The Labute approximate surface area is 100 Å². The van der Waals surface area contributed by atoms with Crippen LogP contribution in [-0.2, 0) is 12.8 Å². The Morgan fingerprint density at radius 2 is 1.69 bits per heavy atom. The molecule has 0 atom stereocenters. The van der Waals surface area contributed by atoms with Gasteiger partial charge in [-0.05, 0) is 43.2 Å². The molecule has 1 rings (SSSR count). The van der Waals surface area contributed by atoms with Gasteiger partial charge in [0.1, 0.15) is 0 Å². The molecular formula is C16H24. The highest BCUT2D eigenvalue weighted by molar-refractivity contribution is 5.28. The summed E-state index contributed by atoms with van der Waals surface area (Å²) in [6, 6.07) is 8.86. The zero-order chi connectivity index (χ0) is 11.8. The average molecular weight is 216 g/mol. The van der Waals surface area contributed by atoms with Gasteiger partial charge in [0.2, 0.25) is 0 Å². The minimum Gasteiger partial charge on any atom is -0.0999 e. The second kappa shape index (κ2) is 7.27. The van der Waals surface area contributed by atoms with Crippen LogP contribution in [0.1, 0.15) is 50.7 Å². The number of aryl methyl sites for hydroxylation is 2. The minimum atomic E-state index is 1.11. The van der Waals surface area contributed by atoms with E-state index in [0.717, 1.165) is 19.3 Å². The van der Waals surface area contributed by atoms with Gasteiger partial charge in [-0.25, -0.2) is 0 Å². The van der Waals surface area contributed by atoms with E-state index in [4.69, 9.17) is 0 Å². The predicted octanol–water partition coefficient (Wildman–Crippen LogP) is 4.93. The number of hydrogen-bond donors (Lipinski definition) is 0. The summed E-state index contributed by atoms with van der Waals surface area (Å²) in [4.78, 5) is 0. The van der Waals surface area contributed by atoms with Crippen molar-refractivity contribution in [2.24, 2.45) is 0 Å². The first-order chi connectivity index (χ1) is 7.77. The highest BCUT2D eigenvalue weighted by atomic mass is 14.1. The van der Waals surface area contributed by atoms with Crippen molar-refractivity contribution < 1.29 is 0 Å². The standard InChI is InChI=1S/C16H24/c1-4-6-9-15-10-7-8-11-16(15)13-12-14(3)5-2/h7-8,10-11H,3-6,9,12-13H2,1-2H3. The van der Waals surface area contributed by atoms with E-state index in [1.807, 2.05) is 0 Å². The monoisotopic (exact) mass is 216 g/mol. The molecule has 1 aromatic rings. The molecule has 0 heteroatoms. The molecule has 0 N–H and O–H groups in total. The molecule has 0 amide bonds. The number of allylic oxidation sites excluding steroid dienone is 1. The summed E-state index contributed by atoms with van der Waals surface area (Å²) in [5.41, 5.74) is 4.42. The highest BCUT2D eigenvalue weighted by Gasteiger charge is 2.01. The Morgan fingerprint density at radius 3 is 2.25 bits per heavy atom. The van der Waals surface area contributed by atoms with Crippen molar-refractivity contribution in [3.63, 3.8) is 0 Å². The Morgan fingerprint density at radius 1 is 1.06 bits per heavy atom. The van der Waals surface area contributed by atoms with E-state index in [1.165, 1.54) is 36.0 Å². The van der Waals surface area contributed by atoms with Gasteiger partial charge >= 0.3 is 0 Å². The molecule has 0 bridgehead atoms. The number of rotatable bonds is 7. The lowest BCUT2D eigenvalue weighted by molar-refractivity contribution is 0.780. The fourth-order valence-corrected chi connectivity index (χ4v) is 1.90. The van der Waals surface area contributed by atoms with Crippen molar-refractivity contribution in [1.29, 1.82) is 0 Å². The van der Waals surface area contributed by atoms with Gasteiger partial charge in [0.05, 0.1) is 0 Å². The Kier molecular flexibility index (Phi) is 5.92. The molecule has 0 saturated heterocycles. The SMILES string of the molecule is C=C(CC)CCc1ccccc1CCCC. The summed E-state index contributed by atoms with van der Waals surface area (Å²) in [7, 11) is 0. The number of unbranched alkanes of at least 4 members (excludes halogenated alkanes) is 1. The van der Waals surface area contributed by atoms with Gasteiger partial charge in [0.25, 0.3) is 0 Å². The van der Waals surface area contributed by atoms with Crippen LogP contribution in [0, 0.1) is 0 Å². The molecule has 88 valence electrons. The molecule has 0 heterocycles. The molecule has 0 aliphatic heterocycles. The normalized spacial score (nSPS) is 10.4. The molecule has 16 heavy (non-hydrogen) atoms. The lowest BCUT2D eigenvalue weighted by atomic mass is 9.96. The van der Waals surface area contributed by atoms with Crippen LogP contribution in [-0.4, -0.2) is 0 Å². The maximum Gasteiger partial charge on any atom is -0.0239 e. The van der Waals surface area contributed by atoms with Crippen molar-refractivity contribution in [3.8, 4) is 0 Å². The van der Waals surface area contributed by atoms with Crippen LogP contribution in [0.5, 0.6) is 0 Å². The van der Waals surface area contributed by atoms with Crippen molar-refractivity contribution >= 4 is 0 Å². The summed E-state index contributed by atoms with van der Waals surface area (Å²) < 4.78 is 0. The zero-order valence-electron chi connectivity index (χ0n) is 10.8. The number of hydrogen-bond acceptors (Lipinski definition) is 0. The summed E-state index contributed by atoms with van der Waals surface area (Å²) in [5.74, 6) is 0. The lowest BCUT2D eigenvalue weighted by Gasteiger charge is -2.09. The molecular weight excluding hydrogens is 192 g/mol. The molecule has 0 aliphatic carbocycles. The molecule has 0 fully saturated rings. The molecule has 0 radical (unpaired) electrons. The Bertz CT molecular complexity index is 323. The van der Waals surface area contributed by atoms with E-state index in [-0.39, 0.29) is 0 Å².